The van der Waals surface area contributed by atoms with Gasteiger partial charge in [0.15, 0.2) is 0 Å². The zero-order chi connectivity index (χ0) is 16.1. The van der Waals surface area contributed by atoms with Gasteiger partial charge in [-0.25, -0.2) is 9.97 Å². The lowest BCUT2D eigenvalue weighted by molar-refractivity contribution is 0.277. The van der Waals surface area contributed by atoms with Crippen molar-refractivity contribution in [3.8, 4) is 0 Å². The second kappa shape index (κ2) is 7.20. The third kappa shape index (κ3) is 3.66. The van der Waals surface area contributed by atoms with E-state index < -0.39 is 0 Å². The topological polar surface area (TPSA) is 58.0 Å². The van der Waals surface area contributed by atoms with E-state index in [2.05, 4.69) is 46.5 Å². The summed E-state index contributed by atoms with van der Waals surface area (Å²) < 4.78 is 0. The summed E-state index contributed by atoms with van der Waals surface area (Å²) in [7, 11) is 0. The molecule has 2 N–H and O–H groups in total. The number of benzene rings is 2. The number of aliphatic hydroxyl groups is 1. The second-order valence-electron chi connectivity index (χ2n) is 5.74. The van der Waals surface area contributed by atoms with Gasteiger partial charge in [-0.15, -0.1) is 0 Å². The molecule has 3 aromatic rings. The van der Waals surface area contributed by atoms with Crippen molar-refractivity contribution in [1.82, 2.24) is 9.97 Å². The summed E-state index contributed by atoms with van der Waals surface area (Å²) in [5, 5.41) is 13.8. The molecule has 0 amide bonds. The first-order valence-electron chi connectivity index (χ1n) is 7.89. The summed E-state index contributed by atoms with van der Waals surface area (Å²) in [5.41, 5.74) is 3.35. The molecule has 0 saturated carbocycles. The average Bonchev–Trinajstić information content (AvgIpc) is 2.59. The van der Waals surface area contributed by atoms with Crippen molar-refractivity contribution in [2.24, 2.45) is 0 Å². The Balaban J connectivity index is 1.82. The number of rotatable bonds is 6. The first-order valence-corrected chi connectivity index (χ1v) is 7.89. The van der Waals surface area contributed by atoms with Crippen LogP contribution in [-0.4, -0.2) is 28.2 Å². The van der Waals surface area contributed by atoms with E-state index in [0.717, 1.165) is 29.7 Å². The summed E-state index contributed by atoms with van der Waals surface area (Å²) in [6, 6.07) is 16.4. The predicted octanol–water partition coefficient (Wildman–Crippen LogP) is 3.52. The molecular weight excluding hydrogens is 286 g/mol. The zero-order valence-electron chi connectivity index (χ0n) is 13.2. The van der Waals surface area contributed by atoms with E-state index in [1.807, 2.05) is 24.3 Å². The fourth-order valence-corrected chi connectivity index (χ4v) is 2.80. The van der Waals surface area contributed by atoms with E-state index in [1.165, 1.54) is 11.1 Å². The first kappa shape index (κ1) is 15.4. The Bertz CT molecular complexity index is 774. The van der Waals surface area contributed by atoms with Gasteiger partial charge < -0.3 is 10.4 Å². The molecule has 0 aliphatic carbocycles. The average molecular weight is 307 g/mol. The van der Waals surface area contributed by atoms with Crippen LogP contribution in [0.25, 0.3) is 10.9 Å². The van der Waals surface area contributed by atoms with Crippen LogP contribution in [0.5, 0.6) is 0 Å². The van der Waals surface area contributed by atoms with Gasteiger partial charge >= 0.3 is 0 Å². The highest BCUT2D eigenvalue weighted by molar-refractivity contribution is 5.89. The number of nitrogens with zero attached hydrogens (tertiary/aromatic N) is 2. The van der Waals surface area contributed by atoms with Gasteiger partial charge in [0.1, 0.15) is 12.1 Å². The van der Waals surface area contributed by atoms with Gasteiger partial charge in [-0.05, 0) is 31.0 Å². The number of hydrogen-bond acceptors (Lipinski definition) is 4. The smallest absolute Gasteiger partial charge is 0.137 e. The third-order valence-electron chi connectivity index (χ3n) is 4.06. The van der Waals surface area contributed by atoms with Crippen LogP contribution in [0.3, 0.4) is 0 Å². The van der Waals surface area contributed by atoms with Gasteiger partial charge in [-0.3, -0.25) is 0 Å². The Morgan fingerprint density at radius 1 is 1.09 bits per heavy atom. The lowest BCUT2D eigenvalue weighted by Crippen LogP contribution is -2.15. The molecule has 0 radical (unpaired) electrons. The highest BCUT2D eigenvalue weighted by atomic mass is 16.3. The lowest BCUT2D eigenvalue weighted by atomic mass is 9.96. The van der Waals surface area contributed by atoms with Crippen LogP contribution in [0.2, 0.25) is 0 Å². The molecule has 1 heterocycles. The maximum absolute atomic E-state index is 9.35. The largest absolute Gasteiger partial charge is 0.396 e. The molecule has 4 nitrogen and oxygen atoms in total. The summed E-state index contributed by atoms with van der Waals surface area (Å²) in [4.78, 5) is 8.70. The van der Waals surface area contributed by atoms with Crippen LogP contribution in [0.1, 0.15) is 23.5 Å². The minimum atomic E-state index is 0.171. The Morgan fingerprint density at radius 2 is 1.91 bits per heavy atom. The Kier molecular flexibility index (Phi) is 4.83. The van der Waals surface area contributed by atoms with Crippen molar-refractivity contribution in [2.45, 2.75) is 19.3 Å². The van der Waals surface area contributed by atoms with Crippen LogP contribution in [-0.2, 0) is 0 Å². The number of nitrogens with one attached hydrogen (secondary N) is 1. The minimum Gasteiger partial charge on any atom is -0.396 e. The van der Waals surface area contributed by atoms with Crippen LogP contribution in [0.15, 0.2) is 54.9 Å². The molecule has 0 aliphatic rings. The van der Waals surface area contributed by atoms with Gasteiger partial charge in [-0.1, -0.05) is 42.0 Å². The SMILES string of the molecule is Cc1ccc2ncnc(NCC(CCO)c3ccccc3)c2c1. The standard InChI is InChI=1S/C19H21N3O/c1-14-7-8-18-17(11-14)19(22-13-21-18)20-12-16(9-10-23)15-5-3-2-4-6-15/h2-8,11,13,16,23H,9-10,12H2,1H3,(H,20,21,22). The quantitative estimate of drug-likeness (QED) is 0.731. The van der Waals surface area contributed by atoms with E-state index in [-0.39, 0.29) is 12.5 Å². The van der Waals surface area contributed by atoms with Crippen LogP contribution in [0.4, 0.5) is 5.82 Å². The van der Waals surface area contributed by atoms with Crippen molar-refractivity contribution in [2.75, 3.05) is 18.5 Å². The molecule has 4 heteroatoms. The van der Waals surface area contributed by atoms with E-state index in [4.69, 9.17) is 0 Å². The molecule has 1 atom stereocenters. The van der Waals surface area contributed by atoms with Crippen molar-refractivity contribution >= 4 is 16.7 Å². The van der Waals surface area contributed by atoms with Crippen molar-refractivity contribution in [3.05, 3.63) is 66.0 Å². The number of fused-ring (bicyclic) bond motifs is 1. The monoisotopic (exact) mass is 307 g/mol. The van der Waals surface area contributed by atoms with Crippen molar-refractivity contribution in [3.63, 3.8) is 0 Å². The minimum absolute atomic E-state index is 0.171. The van der Waals surface area contributed by atoms with Gasteiger partial charge in [-0.2, -0.15) is 0 Å². The fourth-order valence-electron chi connectivity index (χ4n) is 2.80. The third-order valence-corrected chi connectivity index (χ3v) is 4.06. The number of hydrogen-bond donors (Lipinski definition) is 2. The summed E-state index contributed by atoms with van der Waals surface area (Å²) >= 11 is 0. The molecule has 0 bridgehead atoms. The molecule has 0 fully saturated rings. The Labute approximate surface area is 136 Å². The Hall–Kier alpha value is -2.46. The fraction of sp³-hybridized carbons (Fsp3) is 0.263. The highest BCUT2D eigenvalue weighted by Crippen LogP contribution is 2.23. The maximum atomic E-state index is 9.35. The molecule has 2 aromatic carbocycles. The van der Waals surface area contributed by atoms with Crippen molar-refractivity contribution in [1.29, 1.82) is 0 Å². The number of anilines is 1. The van der Waals surface area contributed by atoms with Gasteiger partial charge in [0.25, 0.3) is 0 Å². The van der Waals surface area contributed by atoms with E-state index in [9.17, 15) is 5.11 Å². The van der Waals surface area contributed by atoms with Crippen LogP contribution >= 0.6 is 0 Å². The molecule has 1 unspecified atom stereocenters. The number of aryl methyl sites for hydroxylation is 1. The van der Waals surface area contributed by atoms with E-state index in [0.29, 0.717) is 0 Å². The lowest BCUT2D eigenvalue weighted by Gasteiger charge is -2.18. The molecule has 0 saturated heterocycles. The molecule has 23 heavy (non-hydrogen) atoms. The molecule has 1 aromatic heterocycles. The van der Waals surface area contributed by atoms with Gasteiger partial charge in [0.2, 0.25) is 0 Å². The van der Waals surface area contributed by atoms with Gasteiger partial charge in [0, 0.05) is 24.5 Å². The van der Waals surface area contributed by atoms with Crippen LogP contribution in [0, 0.1) is 6.92 Å². The normalized spacial score (nSPS) is 12.3. The Morgan fingerprint density at radius 3 is 2.70 bits per heavy atom. The zero-order valence-corrected chi connectivity index (χ0v) is 13.2. The van der Waals surface area contributed by atoms with Gasteiger partial charge in [0.05, 0.1) is 5.52 Å². The summed E-state index contributed by atoms with van der Waals surface area (Å²) in [6.07, 6.45) is 2.31. The summed E-state index contributed by atoms with van der Waals surface area (Å²) in [6.45, 7) is 2.96. The second-order valence-corrected chi connectivity index (χ2v) is 5.74. The number of aliphatic hydroxyl groups excluding tert-OH is 1. The van der Waals surface area contributed by atoms with Crippen molar-refractivity contribution < 1.29 is 5.11 Å². The molecule has 118 valence electrons. The molecule has 0 aliphatic heterocycles. The predicted molar refractivity (Wildman–Crippen MR) is 93.7 cm³/mol. The van der Waals surface area contributed by atoms with E-state index >= 15 is 0 Å². The number of aromatic nitrogens is 2. The van der Waals surface area contributed by atoms with Crippen LogP contribution < -0.4 is 5.32 Å². The summed E-state index contributed by atoms with van der Waals surface area (Å²) in [5.74, 6) is 1.09. The molecule has 3 rings (SSSR count). The highest BCUT2D eigenvalue weighted by Gasteiger charge is 2.12. The molecule has 0 spiro atoms. The van der Waals surface area contributed by atoms with E-state index in [1.54, 1.807) is 6.33 Å². The molecular formula is C19H21N3O. The maximum Gasteiger partial charge on any atom is 0.137 e. The first-order chi connectivity index (χ1) is 11.3.